The van der Waals surface area contributed by atoms with Crippen LogP contribution < -0.4 is 4.74 Å². The molecule has 1 heterocycles. The molecule has 1 aromatic heterocycles. The van der Waals surface area contributed by atoms with Gasteiger partial charge in [0.05, 0.1) is 5.52 Å². The van der Waals surface area contributed by atoms with Crippen molar-refractivity contribution < 1.29 is 4.74 Å². The van der Waals surface area contributed by atoms with Crippen LogP contribution in [0.15, 0.2) is 60.7 Å². The molecule has 18 heavy (non-hydrogen) atoms. The Morgan fingerprint density at radius 1 is 0.833 bits per heavy atom. The average Bonchev–Trinajstić information content (AvgIpc) is 2.41. The summed E-state index contributed by atoms with van der Waals surface area (Å²) in [5, 5.41) is 1.13. The minimum atomic E-state index is 0.628. The van der Waals surface area contributed by atoms with E-state index < -0.39 is 0 Å². The van der Waals surface area contributed by atoms with Gasteiger partial charge in [-0.2, -0.15) is 0 Å². The Morgan fingerprint density at radius 2 is 1.67 bits per heavy atom. The first kappa shape index (κ1) is 10.8. The van der Waals surface area contributed by atoms with Crippen LogP contribution in [0, 0.1) is 6.92 Å². The highest BCUT2D eigenvalue weighted by molar-refractivity contribution is 5.82. The average molecular weight is 235 g/mol. The number of aromatic nitrogens is 1. The Balaban J connectivity index is 2.01. The SMILES string of the molecule is Cc1cccc2ccc(Oc3ccccc3)nc12. The fraction of sp³-hybridized carbons (Fsp3) is 0.0625. The topological polar surface area (TPSA) is 22.1 Å². The van der Waals surface area contributed by atoms with Crippen molar-refractivity contribution in [1.29, 1.82) is 0 Å². The number of pyridine rings is 1. The van der Waals surface area contributed by atoms with Crippen LogP contribution >= 0.6 is 0 Å². The van der Waals surface area contributed by atoms with Crippen molar-refractivity contribution in [2.75, 3.05) is 0 Å². The third kappa shape index (κ3) is 2.05. The Morgan fingerprint density at radius 3 is 2.50 bits per heavy atom. The Kier molecular flexibility index (Phi) is 2.69. The van der Waals surface area contributed by atoms with Crippen LogP contribution in [0.1, 0.15) is 5.56 Å². The third-order valence-corrected chi connectivity index (χ3v) is 2.86. The van der Waals surface area contributed by atoms with E-state index in [1.54, 1.807) is 0 Å². The molecule has 0 spiro atoms. The summed E-state index contributed by atoms with van der Waals surface area (Å²) in [5.74, 6) is 1.43. The molecule has 2 nitrogen and oxygen atoms in total. The van der Waals surface area contributed by atoms with E-state index in [2.05, 4.69) is 24.0 Å². The Labute approximate surface area is 106 Å². The Bertz CT molecular complexity index is 677. The second-order valence-corrected chi connectivity index (χ2v) is 4.21. The van der Waals surface area contributed by atoms with Crippen molar-refractivity contribution in [3.63, 3.8) is 0 Å². The van der Waals surface area contributed by atoms with E-state index in [0.29, 0.717) is 5.88 Å². The number of hydrogen-bond acceptors (Lipinski definition) is 2. The second kappa shape index (κ2) is 4.49. The predicted octanol–water partition coefficient (Wildman–Crippen LogP) is 4.34. The first-order valence-electron chi connectivity index (χ1n) is 5.92. The highest BCUT2D eigenvalue weighted by Gasteiger charge is 2.02. The van der Waals surface area contributed by atoms with Gasteiger partial charge in [-0.15, -0.1) is 0 Å². The maximum atomic E-state index is 5.73. The van der Waals surface area contributed by atoms with E-state index in [0.717, 1.165) is 22.2 Å². The van der Waals surface area contributed by atoms with Crippen LogP contribution in [-0.2, 0) is 0 Å². The highest BCUT2D eigenvalue weighted by atomic mass is 16.5. The van der Waals surface area contributed by atoms with Crippen LogP contribution in [0.5, 0.6) is 11.6 Å². The predicted molar refractivity (Wildman–Crippen MR) is 73.0 cm³/mol. The van der Waals surface area contributed by atoms with Crippen LogP contribution in [0.3, 0.4) is 0 Å². The van der Waals surface area contributed by atoms with E-state index >= 15 is 0 Å². The van der Waals surface area contributed by atoms with Gasteiger partial charge in [-0.05, 0) is 30.7 Å². The molecule has 0 unspecified atom stereocenters. The minimum Gasteiger partial charge on any atom is -0.439 e. The van der Waals surface area contributed by atoms with Gasteiger partial charge in [-0.1, -0.05) is 36.4 Å². The molecular formula is C16H13NO. The van der Waals surface area contributed by atoms with E-state index in [4.69, 9.17) is 4.74 Å². The van der Waals surface area contributed by atoms with Crippen LogP contribution in [0.25, 0.3) is 10.9 Å². The van der Waals surface area contributed by atoms with Crippen molar-refractivity contribution in [3.05, 3.63) is 66.2 Å². The molecule has 0 atom stereocenters. The summed E-state index contributed by atoms with van der Waals surface area (Å²) in [6.45, 7) is 2.06. The largest absolute Gasteiger partial charge is 0.439 e. The fourth-order valence-corrected chi connectivity index (χ4v) is 1.94. The lowest BCUT2D eigenvalue weighted by Gasteiger charge is -2.06. The summed E-state index contributed by atoms with van der Waals surface area (Å²) in [7, 11) is 0. The van der Waals surface area contributed by atoms with Gasteiger partial charge < -0.3 is 4.74 Å². The molecule has 0 saturated carbocycles. The summed E-state index contributed by atoms with van der Waals surface area (Å²) in [6.07, 6.45) is 0. The first-order chi connectivity index (χ1) is 8.83. The van der Waals surface area contributed by atoms with Crippen molar-refractivity contribution in [2.45, 2.75) is 6.92 Å². The quantitative estimate of drug-likeness (QED) is 0.659. The lowest BCUT2D eigenvalue weighted by molar-refractivity contribution is 0.465. The van der Waals surface area contributed by atoms with E-state index in [-0.39, 0.29) is 0 Å². The molecule has 3 rings (SSSR count). The number of aryl methyl sites for hydroxylation is 1. The monoisotopic (exact) mass is 235 g/mol. The van der Waals surface area contributed by atoms with Crippen molar-refractivity contribution in [1.82, 2.24) is 4.98 Å². The number of nitrogens with zero attached hydrogens (tertiary/aromatic N) is 1. The molecule has 0 radical (unpaired) electrons. The molecule has 0 aliphatic heterocycles. The smallest absolute Gasteiger partial charge is 0.219 e. The van der Waals surface area contributed by atoms with Gasteiger partial charge in [0, 0.05) is 11.5 Å². The third-order valence-electron chi connectivity index (χ3n) is 2.86. The van der Waals surface area contributed by atoms with Gasteiger partial charge in [0.1, 0.15) is 5.75 Å². The number of benzene rings is 2. The number of fused-ring (bicyclic) bond motifs is 1. The summed E-state index contributed by atoms with van der Waals surface area (Å²) >= 11 is 0. The molecular weight excluding hydrogens is 222 g/mol. The molecule has 0 N–H and O–H groups in total. The summed E-state index contributed by atoms with van der Waals surface area (Å²) in [4.78, 5) is 4.55. The number of hydrogen-bond donors (Lipinski definition) is 0. The van der Waals surface area contributed by atoms with Crippen molar-refractivity contribution in [3.8, 4) is 11.6 Å². The van der Waals surface area contributed by atoms with Crippen LogP contribution in [-0.4, -0.2) is 4.98 Å². The standard InChI is InChI=1S/C16H13NO/c1-12-6-5-7-13-10-11-15(17-16(12)13)18-14-8-3-2-4-9-14/h2-11H,1H3. The van der Waals surface area contributed by atoms with Crippen molar-refractivity contribution >= 4 is 10.9 Å². The van der Waals surface area contributed by atoms with Gasteiger partial charge in [0.25, 0.3) is 0 Å². The van der Waals surface area contributed by atoms with E-state index in [1.165, 1.54) is 0 Å². The molecule has 0 aliphatic rings. The van der Waals surface area contributed by atoms with E-state index in [9.17, 15) is 0 Å². The molecule has 2 aromatic carbocycles. The fourth-order valence-electron chi connectivity index (χ4n) is 1.94. The minimum absolute atomic E-state index is 0.628. The zero-order valence-corrected chi connectivity index (χ0v) is 10.1. The summed E-state index contributed by atoms with van der Waals surface area (Å²) in [5.41, 5.74) is 2.15. The van der Waals surface area contributed by atoms with Gasteiger partial charge in [-0.25, -0.2) is 4.98 Å². The zero-order valence-electron chi connectivity index (χ0n) is 10.1. The molecule has 0 saturated heterocycles. The second-order valence-electron chi connectivity index (χ2n) is 4.21. The number of ether oxygens (including phenoxy) is 1. The number of para-hydroxylation sites is 2. The maximum Gasteiger partial charge on any atom is 0.219 e. The highest BCUT2D eigenvalue weighted by Crippen LogP contribution is 2.23. The molecule has 0 fully saturated rings. The van der Waals surface area contributed by atoms with E-state index in [1.807, 2.05) is 48.5 Å². The lowest BCUT2D eigenvalue weighted by Crippen LogP contribution is -1.89. The maximum absolute atomic E-state index is 5.73. The summed E-state index contributed by atoms with van der Waals surface area (Å²) in [6, 6.07) is 19.8. The van der Waals surface area contributed by atoms with Gasteiger partial charge >= 0.3 is 0 Å². The molecule has 0 amide bonds. The molecule has 3 aromatic rings. The summed E-state index contributed by atoms with van der Waals surface area (Å²) < 4.78 is 5.73. The van der Waals surface area contributed by atoms with Gasteiger partial charge in [0.2, 0.25) is 5.88 Å². The molecule has 0 aliphatic carbocycles. The van der Waals surface area contributed by atoms with Crippen LogP contribution in [0.2, 0.25) is 0 Å². The lowest BCUT2D eigenvalue weighted by atomic mass is 10.1. The Hall–Kier alpha value is -2.35. The van der Waals surface area contributed by atoms with Crippen LogP contribution in [0.4, 0.5) is 0 Å². The first-order valence-corrected chi connectivity index (χ1v) is 5.92. The zero-order chi connectivity index (χ0) is 12.4. The number of rotatable bonds is 2. The molecule has 88 valence electrons. The normalized spacial score (nSPS) is 10.5. The molecule has 0 bridgehead atoms. The van der Waals surface area contributed by atoms with Gasteiger partial charge in [-0.3, -0.25) is 0 Å². The van der Waals surface area contributed by atoms with Crippen molar-refractivity contribution in [2.24, 2.45) is 0 Å². The van der Waals surface area contributed by atoms with Gasteiger partial charge in [0.15, 0.2) is 0 Å². The molecule has 2 heteroatoms.